The highest BCUT2D eigenvalue weighted by molar-refractivity contribution is 5.39. The van der Waals surface area contributed by atoms with Gasteiger partial charge in [0.2, 0.25) is 0 Å². The van der Waals surface area contributed by atoms with Gasteiger partial charge in [0.1, 0.15) is 11.5 Å². The van der Waals surface area contributed by atoms with Gasteiger partial charge in [-0.05, 0) is 42.8 Å². The van der Waals surface area contributed by atoms with E-state index in [1.807, 2.05) is 18.2 Å². The highest BCUT2D eigenvalue weighted by Gasteiger charge is 2.07. The molecule has 0 fully saturated rings. The molecule has 1 atom stereocenters. The molecule has 0 bridgehead atoms. The summed E-state index contributed by atoms with van der Waals surface area (Å²) >= 11 is 0. The second-order valence-electron chi connectivity index (χ2n) is 4.38. The van der Waals surface area contributed by atoms with E-state index < -0.39 is 0 Å². The first-order valence-electron chi connectivity index (χ1n) is 6.20. The van der Waals surface area contributed by atoms with Gasteiger partial charge in [-0.2, -0.15) is 0 Å². The third kappa shape index (κ3) is 3.45. The lowest BCUT2D eigenvalue weighted by atomic mass is 10.1. The maximum atomic E-state index is 9.81. The van der Waals surface area contributed by atoms with Gasteiger partial charge in [-0.3, -0.25) is 4.98 Å². The van der Waals surface area contributed by atoms with Gasteiger partial charge in [0.25, 0.3) is 0 Å². The molecule has 2 N–H and O–H groups in total. The quantitative estimate of drug-likeness (QED) is 0.865. The lowest BCUT2D eigenvalue weighted by molar-refractivity contribution is 0.409. The zero-order chi connectivity index (χ0) is 13.7. The van der Waals surface area contributed by atoms with Crippen molar-refractivity contribution in [3.8, 4) is 11.5 Å². The molecule has 1 heterocycles. The fraction of sp³-hybridized carbons (Fsp3) is 0.267. The van der Waals surface area contributed by atoms with Crippen LogP contribution in [0.5, 0.6) is 11.5 Å². The lowest BCUT2D eigenvalue weighted by Gasteiger charge is -2.15. The van der Waals surface area contributed by atoms with Crippen molar-refractivity contribution in [3.05, 3.63) is 53.9 Å². The summed E-state index contributed by atoms with van der Waals surface area (Å²) in [4.78, 5) is 4.00. The molecular formula is C15H18N2O2. The average Bonchev–Trinajstić information content (AvgIpc) is 2.47. The Hall–Kier alpha value is -2.07. The van der Waals surface area contributed by atoms with Gasteiger partial charge in [-0.1, -0.05) is 0 Å². The number of hydrogen-bond donors (Lipinski definition) is 2. The number of aromatic hydroxyl groups is 1. The molecule has 4 heteroatoms. The number of benzene rings is 1. The number of methoxy groups -OCH3 is 1. The zero-order valence-corrected chi connectivity index (χ0v) is 11.1. The van der Waals surface area contributed by atoms with Crippen molar-refractivity contribution in [2.75, 3.05) is 7.11 Å². The number of hydrogen-bond acceptors (Lipinski definition) is 4. The average molecular weight is 258 g/mol. The summed E-state index contributed by atoms with van der Waals surface area (Å²) in [5.41, 5.74) is 1.98. The predicted octanol–water partition coefficient (Wildman–Crippen LogP) is 2.65. The van der Waals surface area contributed by atoms with Crippen LogP contribution in [0.1, 0.15) is 24.1 Å². The third-order valence-corrected chi connectivity index (χ3v) is 3.09. The van der Waals surface area contributed by atoms with E-state index in [0.717, 1.165) is 16.9 Å². The standard InChI is InChI=1S/C15H18N2O2/c1-11(12-5-7-16-8-6-12)17-10-13-9-14(19-2)3-4-15(13)18/h3-9,11,17-18H,10H2,1-2H3/t11-/m1/s1. The first-order chi connectivity index (χ1) is 9.20. The molecule has 0 spiro atoms. The van der Waals surface area contributed by atoms with Crippen molar-refractivity contribution < 1.29 is 9.84 Å². The molecule has 0 saturated heterocycles. The molecule has 0 unspecified atom stereocenters. The van der Waals surface area contributed by atoms with Crippen LogP contribution < -0.4 is 10.1 Å². The first-order valence-corrected chi connectivity index (χ1v) is 6.20. The molecule has 0 aliphatic rings. The number of ether oxygens (including phenoxy) is 1. The topological polar surface area (TPSA) is 54.4 Å². The van der Waals surface area contributed by atoms with Gasteiger partial charge in [-0.15, -0.1) is 0 Å². The van der Waals surface area contributed by atoms with E-state index in [1.54, 1.807) is 31.6 Å². The molecule has 0 saturated carbocycles. The van der Waals surface area contributed by atoms with Gasteiger partial charge >= 0.3 is 0 Å². The van der Waals surface area contributed by atoms with E-state index >= 15 is 0 Å². The minimum atomic E-state index is 0.189. The number of nitrogens with one attached hydrogen (secondary N) is 1. The molecule has 0 aliphatic carbocycles. The molecule has 4 nitrogen and oxygen atoms in total. The summed E-state index contributed by atoms with van der Waals surface area (Å²) < 4.78 is 5.15. The van der Waals surface area contributed by atoms with Crippen molar-refractivity contribution in [1.82, 2.24) is 10.3 Å². The molecule has 0 amide bonds. The van der Waals surface area contributed by atoms with E-state index in [1.165, 1.54) is 0 Å². The van der Waals surface area contributed by atoms with Crippen molar-refractivity contribution in [2.24, 2.45) is 0 Å². The van der Waals surface area contributed by atoms with Crippen LogP contribution in [0.2, 0.25) is 0 Å². The summed E-state index contributed by atoms with van der Waals surface area (Å²) in [7, 11) is 1.61. The van der Waals surface area contributed by atoms with Crippen LogP contribution >= 0.6 is 0 Å². The lowest BCUT2D eigenvalue weighted by Crippen LogP contribution is -2.18. The van der Waals surface area contributed by atoms with Gasteiger partial charge in [0.05, 0.1) is 7.11 Å². The monoisotopic (exact) mass is 258 g/mol. The number of phenolic OH excluding ortho intramolecular Hbond substituents is 1. The summed E-state index contributed by atoms with van der Waals surface area (Å²) in [6.45, 7) is 2.65. The van der Waals surface area contributed by atoms with Gasteiger partial charge < -0.3 is 15.2 Å². The van der Waals surface area contributed by atoms with E-state index in [2.05, 4.69) is 17.2 Å². The second-order valence-corrected chi connectivity index (χ2v) is 4.38. The summed E-state index contributed by atoms with van der Waals surface area (Å²) in [5, 5.41) is 13.2. The van der Waals surface area contributed by atoms with Gasteiger partial charge in [0.15, 0.2) is 0 Å². The number of phenols is 1. The molecule has 2 aromatic rings. The highest BCUT2D eigenvalue weighted by atomic mass is 16.5. The maximum Gasteiger partial charge on any atom is 0.120 e. The molecule has 0 radical (unpaired) electrons. The third-order valence-electron chi connectivity index (χ3n) is 3.09. The predicted molar refractivity (Wildman–Crippen MR) is 74.2 cm³/mol. The van der Waals surface area contributed by atoms with Crippen molar-refractivity contribution >= 4 is 0 Å². The Morgan fingerprint density at radius 1 is 1.26 bits per heavy atom. The smallest absolute Gasteiger partial charge is 0.120 e. The van der Waals surface area contributed by atoms with E-state index in [4.69, 9.17) is 4.74 Å². The van der Waals surface area contributed by atoms with Crippen molar-refractivity contribution in [1.29, 1.82) is 0 Å². The Labute approximate surface area is 113 Å². The largest absolute Gasteiger partial charge is 0.508 e. The number of pyridine rings is 1. The molecule has 1 aromatic carbocycles. The number of aromatic nitrogens is 1. The number of rotatable bonds is 5. The molecule has 19 heavy (non-hydrogen) atoms. The number of nitrogens with zero attached hydrogens (tertiary/aromatic N) is 1. The van der Waals surface area contributed by atoms with Crippen LogP contribution in [-0.4, -0.2) is 17.2 Å². The van der Waals surface area contributed by atoms with Crippen LogP contribution in [0.3, 0.4) is 0 Å². The maximum absolute atomic E-state index is 9.81. The summed E-state index contributed by atoms with van der Waals surface area (Å²) in [5.74, 6) is 1.02. The Morgan fingerprint density at radius 3 is 2.68 bits per heavy atom. The molecular weight excluding hydrogens is 240 g/mol. The van der Waals surface area contributed by atoms with Gasteiger partial charge in [-0.25, -0.2) is 0 Å². The minimum Gasteiger partial charge on any atom is -0.508 e. The minimum absolute atomic E-state index is 0.189. The molecule has 100 valence electrons. The van der Waals surface area contributed by atoms with Crippen LogP contribution in [0.15, 0.2) is 42.7 Å². The molecule has 1 aromatic heterocycles. The van der Waals surface area contributed by atoms with Gasteiger partial charge in [0, 0.05) is 30.5 Å². The van der Waals surface area contributed by atoms with Crippen molar-refractivity contribution in [2.45, 2.75) is 19.5 Å². The molecule has 2 rings (SSSR count). The summed E-state index contributed by atoms with van der Waals surface area (Å²) in [6, 6.07) is 9.36. The van der Waals surface area contributed by atoms with Crippen LogP contribution in [0, 0.1) is 0 Å². The summed E-state index contributed by atoms with van der Waals surface area (Å²) in [6.07, 6.45) is 3.55. The zero-order valence-electron chi connectivity index (χ0n) is 11.1. The Morgan fingerprint density at radius 2 is 2.00 bits per heavy atom. The fourth-order valence-corrected chi connectivity index (χ4v) is 1.86. The highest BCUT2D eigenvalue weighted by Crippen LogP contribution is 2.23. The Balaban J connectivity index is 2.02. The fourth-order valence-electron chi connectivity index (χ4n) is 1.86. The SMILES string of the molecule is COc1ccc(O)c(CN[C@H](C)c2ccncc2)c1. The van der Waals surface area contributed by atoms with Crippen LogP contribution in [0.4, 0.5) is 0 Å². The normalized spacial score (nSPS) is 12.1. The van der Waals surface area contributed by atoms with E-state index in [9.17, 15) is 5.11 Å². The Kier molecular flexibility index (Phi) is 4.36. The van der Waals surface area contributed by atoms with Crippen molar-refractivity contribution in [3.63, 3.8) is 0 Å². The van der Waals surface area contributed by atoms with E-state index in [0.29, 0.717) is 6.54 Å². The second kappa shape index (κ2) is 6.20. The van der Waals surface area contributed by atoms with E-state index in [-0.39, 0.29) is 11.8 Å². The molecule has 0 aliphatic heterocycles. The first kappa shape index (κ1) is 13.4. The Bertz CT molecular complexity index is 529. The van der Waals surface area contributed by atoms with Crippen LogP contribution in [-0.2, 0) is 6.54 Å². The van der Waals surface area contributed by atoms with Crippen LogP contribution in [0.25, 0.3) is 0 Å².